The van der Waals surface area contributed by atoms with Gasteiger partial charge in [-0.2, -0.15) is 0 Å². The van der Waals surface area contributed by atoms with Crippen LogP contribution < -0.4 is 9.80 Å². The van der Waals surface area contributed by atoms with Crippen LogP contribution in [-0.2, 0) is 11.2 Å². The summed E-state index contributed by atoms with van der Waals surface area (Å²) < 4.78 is 0. The second-order valence-corrected chi connectivity index (χ2v) is 7.11. The molecular weight excluding hydrogens is 342 g/mol. The summed E-state index contributed by atoms with van der Waals surface area (Å²) in [5.41, 5.74) is 2.55. The van der Waals surface area contributed by atoms with Gasteiger partial charge in [0.1, 0.15) is 17.8 Å². The van der Waals surface area contributed by atoms with Gasteiger partial charge in [0.2, 0.25) is 5.91 Å². The summed E-state index contributed by atoms with van der Waals surface area (Å²) in [7, 11) is 0. The van der Waals surface area contributed by atoms with Crippen molar-refractivity contribution in [2.24, 2.45) is 0 Å². The normalized spacial score (nSPS) is 19.2. The maximum atomic E-state index is 13.2. The van der Waals surface area contributed by atoms with E-state index in [1.165, 1.54) is 11.9 Å². The minimum absolute atomic E-state index is 0.0925. The maximum Gasteiger partial charge on any atom is 0.277 e. The lowest BCUT2D eigenvalue weighted by atomic mass is 10.1. The van der Waals surface area contributed by atoms with E-state index in [-0.39, 0.29) is 17.9 Å². The van der Waals surface area contributed by atoms with Crippen molar-refractivity contribution in [1.82, 2.24) is 14.9 Å². The lowest BCUT2D eigenvalue weighted by molar-refractivity contribution is -0.129. The molecule has 0 saturated carbocycles. The van der Waals surface area contributed by atoms with Gasteiger partial charge in [-0.1, -0.05) is 18.2 Å². The first-order valence-corrected chi connectivity index (χ1v) is 9.28. The van der Waals surface area contributed by atoms with Gasteiger partial charge < -0.3 is 14.7 Å². The fraction of sp³-hybridized carbons (Fsp3) is 0.400. The molecule has 0 aliphatic carbocycles. The zero-order valence-electron chi connectivity index (χ0n) is 15.6. The summed E-state index contributed by atoms with van der Waals surface area (Å²) in [6, 6.07) is 9.88. The molecule has 140 valence electrons. The molecule has 2 aliphatic rings. The van der Waals surface area contributed by atoms with Crippen LogP contribution in [0.15, 0.2) is 36.7 Å². The lowest BCUT2D eigenvalue weighted by Gasteiger charge is -2.35. The van der Waals surface area contributed by atoms with E-state index >= 15 is 0 Å². The Labute approximate surface area is 158 Å². The molecule has 1 saturated heterocycles. The molecule has 4 rings (SSSR count). The minimum atomic E-state index is -0.0986. The number of carbonyl (C=O) groups excluding carboxylic acids is 2. The second kappa shape index (κ2) is 6.98. The summed E-state index contributed by atoms with van der Waals surface area (Å²) in [4.78, 5) is 39.0. The third-order valence-electron chi connectivity index (χ3n) is 5.35. The first kappa shape index (κ1) is 17.5. The van der Waals surface area contributed by atoms with Gasteiger partial charge >= 0.3 is 0 Å². The molecule has 0 N–H and O–H groups in total. The molecule has 0 spiro atoms. The number of hydrogen-bond acceptors (Lipinski definition) is 5. The van der Waals surface area contributed by atoms with Gasteiger partial charge in [-0.15, -0.1) is 0 Å². The van der Waals surface area contributed by atoms with Crippen molar-refractivity contribution in [3.8, 4) is 0 Å². The Balaban J connectivity index is 1.55. The van der Waals surface area contributed by atoms with E-state index < -0.39 is 0 Å². The van der Waals surface area contributed by atoms with Crippen molar-refractivity contribution in [1.29, 1.82) is 0 Å². The number of para-hydroxylation sites is 1. The van der Waals surface area contributed by atoms with E-state index in [0.717, 1.165) is 17.9 Å². The van der Waals surface area contributed by atoms with Gasteiger partial charge in [0, 0.05) is 50.9 Å². The molecular formula is C20H23N5O2. The van der Waals surface area contributed by atoms with E-state index in [1.807, 2.05) is 28.0 Å². The van der Waals surface area contributed by atoms with E-state index in [1.54, 1.807) is 13.0 Å². The van der Waals surface area contributed by atoms with Crippen molar-refractivity contribution < 1.29 is 9.59 Å². The molecule has 2 amide bonds. The number of anilines is 2. The number of piperazine rings is 1. The van der Waals surface area contributed by atoms with Crippen LogP contribution in [0, 0.1) is 0 Å². The van der Waals surface area contributed by atoms with E-state index in [0.29, 0.717) is 31.9 Å². The molecule has 27 heavy (non-hydrogen) atoms. The van der Waals surface area contributed by atoms with Crippen LogP contribution in [0.5, 0.6) is 0 Å². The largest absolute Gasteiger partial charge is 0.353 e. The summed E-state index contributed by atoms with van der Waals surface area (Å²) >= 11 is 0. The Morgan fingerprint density at radius 1 is 1.07 bits per heavy atom. The van der Waals surface area contributed by atoms with E-state index in [2.05, 4.69) is 27.9 Å². The van der Waals surface area contributed by atoms with E-state index in [4.69, 9.17) is 0 Å². The number of amides is 2. The van der Waals surface area contributed by atoms with Gasteiger partial charge in [-0.3, -0.25) is 9.59 Å². The fourth-order valence-electron chi connectivity index (χ4n) is 3.89. The zero-order valence-corrected chi connectivity index (χ0v) is 15.6. The first-order chi connectivity index (χ1) is 13.0. The Kier molecular flexibility index (Phi) is 4.51. The quantitative estimate of drug-likeness (QED) is 0.811. The predicted octanol–water partition coefficient (Wildman–Crippen LogP) is 1.74. The standard InChI is InChI=1S/C20H23N5O2/c1-14-11-16-5-3-4-6-18(16)25(14)20(27)17-12-19(22-13-21-17)24-9-7-23(8-10-24)15(2)26/h3-6,12-14H,7-11H2,1-2H3. The molecule has 0 radical (unpaired) electrons. The number of aromatic nitrogens is 2. The number of benzene rings is 1. The van der Waals surface area contributed by atoms with Crippen LogP contribution in [0.3, 0.4) is 0 Å². The molecule has 1 aromatic heterocycles. The molecule has 0 bridgehead atoms. The number of hydrogen-bond donors (Lipinski definition) is 0. The highest BCUT2D eigenvalue weighted by atomic mass is 16.2. The second-order valence-electron chi connectivity index (χ2n) is 7.11. The Morgan fingerprint density at radius 2 is 1.81 bits per heavy atom. The summed E-state index contributed by atoms with van der Waals surface area (Å²) in [5.74, 6) is 0.727. The van der Waals surface area contributed by atoms with Gasteiger partial charge in [0.05, 0.1) is 0 Å². The minimum Gasteiger partial charge on any atom is -0.353 e. The molecule has 3 heterocycles. The molecule has 1 atom stereocenters. The lowest BCUT2D eigenvalue weighted by Crippen LogP contribution is -2.48. The van der Waals surface area contributed by atoms with E-state index in [9.17, 15) is 9.59 Å². The topological polar surface area (TPSA) is 69.6 Å². The molecule has 2 aliphatic heterocycles. The summed E-state index contributed by atoms with van der Waals surface area (Å²) in [6.07, 6.45) is 2.30. The molecule has 1 aromatic carbocycles. The first-order valence-electron chi connectivity index (χ1n) is 9.28. The number of carbonyl (C=O) groups is 2. The number of rotatable bonds is 2. The van der Waals surface area contributed by atoms with Gasteiger partial charge in [0.15, 0.2) is 0 Å². The fourth-order valence-corrected chi connectivity index (χ4v) is 3.89. The average Bonchev–Trinajstić information content (AvgIpc) is 3.03. The van der Waals surface area contributed by atoms with Gasteiger partial charge in [-0.05, 0) is 25.0 Å². The monoisotopic (exact) mass is 365 g/mol. The van der Waals surface area contributed by atoms with Crippen LogP contribution in [-0.4, -0.2) is 58.9 Å². The van der Waals surface area contributed by atoms with Crippen molar-refractivity contribution >= 4 is 23.3 Å². The molecule has 1 fully saturated rings. The average molecular weight is 365 g/mol. The highest BCUT2D eigenvalue weighted by Gasteiger charge is 2.32. The summed E-state index contributed by atoms with van der Waals surface area (Å²) in [5, 5.41) is 0. The van der Waals surface area contributed by atoms with Crippen LogP contribution >= 0.6 is 0 Å². The highest BCUT2D eigenvalue weighted by Crippen LogP contribution is 2.33. The highest BCUT2D eigenvalue weighted by molar-refractivity contribution is 6.06. The third kappa shape index (κ3) is 3.25. The van der Waals surface area contributed by atoms with Crippen LogP contribution in [0.2, 0.25) is 0 Å². The third-order valence-corrected chi connectivity index (χ3v) is 5.35. The van der Waals surface area contributed by atoms with Crippen LogP contribution in [0.1, 0.15) is 29.9 Å². The molecule has 1 unspecified atom stereocenters. The van der Waals surface area contributed by atoms with Crippen molar-refractivity contribution in [2.75, 3.05) is 36.0 Å². The number of fused-ring (bicyclic) bond motifs is 1. The van der Waals surface area contributed by atoms with Gasteiger partial charge in [-0.25, -0.2) is 9.97 Å². The Bertz CT molecular complexity index is 876. The smallest absolute Gasteiger partial charge is 0.277 e. The Morgan fingerprint density at radius 3 is 2.56 bits per heavy atom. The van der Waals surface area contributed by atoms with Crippen LogP contribution in [0.25, 0.3) is 0 Å². The summed E-state index contributed by atoms with van der Waals surface area (Å²) in [6.45, 7) is 6.38. The van der Waals surface area contributed by atoms with Crippen molar-refractivity contribution in [3.05, 3.63) is 47.9 Å². The van der Waals surface area contributed by atoms with Crippen molar-refractivity contribution in [2.45, 2.75) is 26.3 Å². The van der Waals surface area contributed by atoms with Crippen LogP contribution in [0.4, 0.5) is 11.5 Å². The molecule has 7 heteroatoms. The molecule has 7 nitrogen and oxygen atoms in total. The zero-order chi connectivity index (χ0) is 19.0. The predicted molar refractivity (Wildman–Crippen MR) is 103 cm³/mol. The Hall–Kier alpha value is -2.96. The SMILES string of the molecule is CC(=O)N1CCN(c2cc(C(=O)N3c4ccccc4CC3C)ncn2)CC1. The van der Waals surface area contributed by atoms with Gasteiger partial charge in [0.25, 0.3) is 5.91 Å². The van der Waals surface area contributed by atoms with Crippen molar-refractivity contribution in [3.63, 3.8) is 0 Å². The molecule has 2 aromatic rings. The number of nitrogens with zero attached hydrogens (tertiary/aromatic N) is 5. The maximum absolute atomic E-state index is 13.2.